The van der Waals surface area contributed by atoms with Crippen molar-refractivity contribution >= 4 is 29.3 Å². The molecule has 3 rings (SSSR count). The number of hydrogen-bond donors (Lipinski definition) is 2. The Kier molecular flexibility index (Phi) is 6.14. The van der Waals surface area contributed by atoms with Gasteiger partial charge in [0.25, 0.3) is 0 Å². The van der Waals surface area contributed by atoms with Crippen LogP contribution in [-0.4, -0.2) is 28.2 Å². The number of carbonyl (C=O) groups excluding carboxylic acids is 1. The molecule has 3 aromatic rings. The maximum Gasteiger partial charge on any atom is 0.224 e. The van der Waals surface area contributed by atoms with Crippen molar-refractivity contribution in [3.63, 3.8) is 0 Å². The number of aromatic nitrogens is 2. The smallest absolute Gasteiger partial charge is 0.224 e. The molecule has 1 heterocycles. The number of thioether (sulfide) groups is 1. The molecule has 0 spiro atoms. The fraction of sp³-hybridized carbons (Fsp3) is 0.158. The zero-order chi connectivity index (χ0) is 17.5. The topological polar surface area (TPSA) is 57.8 Å². The highest BCUT2D eigenvalue weighted by atomic mass is 35.5. The molecule has 128 valence electrons. The molecule has 0 atom stereocenters. The van der Waals surface area contributed by atoms with Gasteiger partial charge in [0.05, 0.1) is 18.3 Å². The maximum atomic E-state index is 11.9. The molecule has 0 aliphatic rings. The van der Waals surface area contributed by atoms with Gasteiger partial charge >= 0.3 is 0 Å². The molecule has 0 saturated heterocycles. The number of nitrogens with one attached hydrogen (secondary N) is 2. The summed E-state index contributed by atoms with van der Waals surface area (Å²) in [5, 5.41) is 4.45. The van der Waals surface area contributed by atoms with E-state index < -0.39 is 0 Å². The van der Waals surface area contributed by atoms with Crippen LogP contribution in [0.5, 0.6) is 0 Å². The van der Waals surface area contributed by atoms with Crippen LogP contribution < -0.4 is 5.32 Å². The van der Waals surface area contributed by atoms with Crippen LogP contribution in [0.15, 0.2) is 66.0 Å². The van der Waals surface area contributed by atoms with Crippen molar-refractivity contribution in [2.45, 2.75) is 11.6 Å². The average Bonchev–Trinajstić information content (AvgIpc) is 3.10. The summed E-state index contributed by atoms with van der Waals surface area (Å²) in [6.45, 7) is 0.596. The quantitative estimate of drug-likeness (QED) is 0.484. The Bertz CT molecular complexity index is 818. The minimum Gasteiger partial charge on any atom is -0.355 e. The molecule has 0 aliphatic carbocycles. The molecule has 0 saturated carbocycles. The van der Waals surface area contributed by atoms with E-state index in [1.165, 1.54) is 0 Å². The lowest BCUT2D eigenvalue weighted by Gasteiger charge is -2.04. The van der Waals surface area contributed by atoms with Crippen molar-refractivity contribution in [3.8, 4) is 11.3 Å². The van der Waals surface area contributed by atoms with Gasteiger partial charge in [0, 0.05) is 17.3 Å². The molecule has 0 unspecified atom stereocenters. The first-order valence-corrected chi connectivity index (χ1v) is 9.31. The van der Waals surface area contributed by atoms with Gasteiger partial charge in [-0.2, -0.15) is 0 Å². The molecule has 2 N–H and O–H groups in total. The molecule has 0 fully saturated rings. The number of aromatic amines is 1. The number of halogens is 1. The first kappa shape index (κ1) is 17.6. The standard InChI is InChI=1S/C19H18ClN3OS/c20-16-8-6-14(7-9-16)12-18(24)21-10-11-25-19-22-13-17(23-19)15-4-2-1-3-5-15/h1-9,13H,10-12H2,(H,21,24)(H,22,23). The van der Waals surface area contributed by atoms with Crippen LogP contribution >= 0.6 is 23.4 Å². The first-order valence-electron chi connectivity index (χ1n) is 7.95. The van der Waals surface area contributed by atoms with E-state index >= 15 is 0 Å². The zero-order valence-electron chi connectivity index (χ0n) is 13.5. The van der Waals surface area contributed by atoms with E-state index in [1.54, 1.807) is 23.9 Å². The Labute approximate surface area is 156 Å². The van der Waals surface area contributed by atoms with E-state index in [0.29, 0.717) is 18.0 Å². The number of benzene rings is 2. The largest absolute Gasteiger partial charge is 0.355 e. The van der Waals surface area contributed by atoms with Gasteiger partial charge in [0.1, 0.15) is 0 Å². The van der Waals surface area contributed by atoms with Crippen molar-refractivity contribution in [2.24, 2.45) is 0 Å². The Morgan fingerprint density at radius 1 is 1.12 bits per heavy atom. The summed E-state index contributed by atoms with van der Waals surface area (Å²) >= 11 is 7.42. The van der Waals surface area contributed by atoms with Crippen molar-refractivity contribution in [3.05, 3.63) is 71.4 Å². The summed E-state index contributed by atoms with van der Waals surface area (Å²) in [4.78, 5) is 19.6. The van der Waals surface area contributed by atoms with Crippen LogP contribution in [0.25, 0.3) is 11.3 Å². The van der Waals surface area contributed by atoms with Crippen LogP contribution in [0, 0.1) is 0 Å². The third-order valence-corrected chi connectivity index (χ3v) is 4.72. The van der Waals surface area contributed by atoms with Gasteiger partial charge < -0.3 is 10.3 Å². The average molecular weight is 372 g/mol. The minimum atomic E-state index is 0.00680. The molecule has 2 aromatic carbocycles. The minimum absolute atomic E-state index is 0.00680. The molecule has 0 radical (unpaired) electrons. The van der Waals surface area contributed by atoms with Crippen molar-refractivity contribution in [2.75, 3.05) is 12.3 Å². The second-order valence-corrected chi connectivity index (χ2v) is 6.99. The third kappa shape index (κ3) is 5.37. The fourth-order valence-electron chi connectivity index (χ4n) is 2.33. The summed E-state index contributed by atoms with van der Waals surface area (Å²) in [6.07, 6.45) is 2.19. The van der Waals surface area contributed by atoms with E-state index in [2.05, 4.69) is 15.3 Å². The highest BCUT2D eigenvalue weighted by molar-refractivity contribution is 7.99. The van der Waals surface area contributed by atoms with Crippen molar-refractivity contribution in [1.29, 1.82) is 0 Å². The highest BCUT2D eigenvalue weighted by Crippen LogP contribution is 2.20. The molecule has 6 heteroatoms. The van der Waals surface area contributed by atoms with E-state index in [4.69, 9.17) is 11.6 Å². The second kappa shape index (κ2) is 8.74. The van der Waals surface area contributed by atoms with E-state index in [-0.39, 0.29) is 5.91 Å². The second-order valence-electron chi connectivity index (χ2n) is 5.47. The molecule has 0 aliphatic heterocycles. The Balaban J connectivity index is 1.40. The number of carbonyl (C=O) groups is 1. The van der Waals surface area contributed by atoms with Crippen LogP contribution in [0.2, 0.25) is 5.02 Å². The van der Waals surface area contributed by atoms with Crippen molar-refractivity contribution in [1.82, 2.24) is 15.3 Å². The Morgan fingerprint density at radius 3 is 2.64 bits per heavy atom. The van der Waals surface area contributed by atoms with Gasteiger partial charge in [-0.15, -0.1) is 0 Å². The van der Waals surface area contributed by atoms with Gasteiger partial charge in [0.2, 0.25) is 5.91 Å². The van der Waals surface area contributed by atoms with Crippen LogP contribution in [0.4, 0.5) is 0 Å². The lowest BCUT2D eigenvalue weighted by Crippen LogP contribution is -2.27. The number of nitrogens with zero attached hydrogens (tertiary/aromatic N) is 1. The van der Waals surface area contributed by atoms with E-state index in [0.717, 1.165) is 27.7 Å². The van der Waals surface area contributed by atoms with Crippen LogP contribution in [0.3, 0.4) is 0 Å². The number of rotatable bonds is 7. The molecular formula is C19H18ClN3OS. The molecule has 4 nitrogen and oxygen atoms in total. The monoisotopic (exact) mass is 371 g/mol. The zero-order valence-corrected chi connectivity index (χ0v) is 15.1. The molecule has 25 heavy (non-hydrogen) atoms. The third-order valence-electron chi connectivity index (χ3n) is 3.58. The number of H-pyrrole nitrogens is 1. The highest BCUT2D eigenvalue weighted by Gasteiger charge is 2.05. The van der Waals surface area contributed by atoms with Gasteiger partial charge in [0.15, 0.2) is 5.16 Å². The predicted molar refractivity (Wildman–Crippen MR) is 103 cm³/mol. The van der Waals surface area contributed by atoms with Gasteiger partial charge in [-0.1, -0.05) is 65.8 Å². The Morgan fingerprint density at radius 2 is 1.88 bits per heavy atom. The summed E-state index contributed by atoms with van der Waals surface area (Å²) in [6, 6.07) is 17.4. The lowest BCUT2D eigenvalue weighted by atomic mass is 10.1. The number of imidazole rings is 1. The molecular weight excluding hydrogens is 354 g/mol. The summed E-state index contributed by atoms with van der Waals surface area (Å²) in [7, 11) is 0. The predicted octanol–water partition coefficient (Wildman–Crippen LogP) is 4.18. The van der Waals surface area contributed by atoms with Crippen molar-refractivity contribution < 1.29 is 4.79 Å². The number of hydrogen-bond acceptors (Lipinski definition) is 3. The maximum absolute atomic E-state index is 11.9. The lowest BCUT2D eigenvalue weighted by molar-refractivity contribution is -0.120. The number of amides is 1. The Hall–Kier alpha value is -2.24. The van der Waals surface area contributed by atoms with Gasteiger partial charge in [-0.3, -0.25) is 4.79 Å². The molecule has 0 bridgehead atoms. The summed E-state index contributed by atoms with van der Waals surface area (Å²) in [5.41, 5.74) is 3.06. The molecule has 1 amide bonds. The normalized spacial score (nSPS) is 10.6. The summed E-state index contributed by atoms with van der Waals surface area (Å²) in [5.74, 6) is 0.765. The van der Waals surface area contributed by atoms with E-state index in [1.807, 2.05) is 48.7 Å². The van der Waals surface area contributed by atoms with Gasteiger partial charge in [-0.05, 0) is 23.3 Å². The fourth-order valence-corrected chi connectivity index (χ4v) is 3.16. The van der Waals surface area contributed by atoms with E-state index in [9.17, 15) is 4.79 Å². The van der Waals surface area contributed by atoms with Crippen LogP contribution in [0.1, 0.15) is 5.56 Å². The first-order chi connectivity index (χ1) is 12.2. The van der Waals surface area contributed by atoms with Crippen LogP contribution in [-0.2, 0) is 11.2 Å². The SMILES string of the molecule is O=C(Cc1ccc(Cl)cc1)NCCSc1ncc(-c2ccccc2)[nH]1. The summed E-state index contributed by atoms with van der Waals surface area (Å²) < 4.78 is 0. The molecule has 1 aromatic heterocycles. The van der Waals surface area contributed by atoms with Gasteiger partial charge in [-0.25, -0.2) is 4.98 Å².